The minimum Gasteiger partial charge on any atom is -0.477 e. The summed E-state index contributed by atoms with van der Waals surface area (Å²) >= 11 is 1.33. The molecule has 2 heterocycles. The van der Waals surface area contributed by atoms with E-state index in [-0.39, 0.29) is 0 Å². The maximum atomic E-state index is 11.0. The molecule has 1 aromatic heterocycles. The first-order chi connectivity index (χ1) is 7.74. The largest absolute Gasteiger partial charge is 0.477 e. The minimum absolute atomic E-state index is 0.516. The highest BCUT2D eigenvalue weighted by molar-refractivity contribution is 7.12. The Balaban J connectivity index is 1.74. The number of likely N-dealkylation sites (tertiary alicyclic amines) is 1. The fraction of sp³-hybridized carbons (Fsp3) is 0.583. The van der Waals surface area contributed by atoms with Gasteiger partial charge in [-0.3, -0.25) is 4.90 Å². The molecule has 0 amide bonds. The predicted molar refractivity (Wildman–Crippen MR) is 62.8 cm³/mol. The van der Waals surface area contributed by atoms with Gasteiger partial charge < -0.3 is 5.11 Å². The lowest BCUT2D eigenvalue weighted by Crippen LogP contribution is -2.31. The van der Waals surface area contributed by atoms with Gasteiger partial charge >= 0.3 is 5.97 Å². The van der Waals surface area contributed by atoms with Crippen molar-refractivity contribution in [3.05, 3.63) is 21.9 Å². The molecule has 2 aliphatic rings. The van der Waals surface area contributed by atoms with Crippen LogP contribution < -0.4 is 0 Å². The predicted octanol–water partition coefficient (Wildman–Crippen LogP) is 2.43. The highest BCUT2D eigenvalue weighted by Crippen LogP contribution is 2.38. The van der Waals surface area contributed by atoms with Crippen molar-refractivity contribution in [2.24, 2.45) is 5.92 Å². The number of hydrogen-bond donors (Lipinski definition) is 1. The van der Waals surface area contributed by atoms with Crippen LogP contribution in [0.15, 0.2) is 11.4 Å². The first-order valence-corrected chi connectivity index (χ1v) is 6.65. The smallest absolute Gasteiger partial charge is 0.346 e. The van der Waals surface area contributed by atoms with Crippen LogP contribution in [0.2, 0.25) is 0 Å². The van der Waals surface area contributed by atoms with Crippen LogP contribution in [0.25, 0.3) is 0 Å². The molecule has 0 aromatic carbocycles. The summed E-state index contributed by atoms with van der Waals surface area (Å²) in [6.07, 6.45) is 4.00. The molecule has 1 aliphatic heterocycles. The number of piperidine rings is 1. The second kappa shape index (κ2) is 3.86. The first kappa shape index (κ1) is 10.3. The van der Waals surface area contributed by atoms with Gasteiger partial charge in [-0.15, -0.1) is 11.3 Å². The van der Waals surface area contributed by atoms with Gasteiger partial charge in [0, 0.05) is 19.1 Å². The molecule has 1 aromatic rings. The summed E-state index contributed by atoms with van der Waals surface area (Å²) in [7, 11) is 0. The molecule has 1 N–H and O–H groups in total. The summed E-state index contributed by atoms with van der Waals surface area (Å²) in [6, 6.07) is 2.67. The Morgan fingerprint density at radius 2 is 2.44 bits per heavy atom. The van der Waals surface area contributed by atoms with Crippen molar-refractivity contribution in [2.45, 2.75) is 31.8 Å². The van der Waals surface area contributed by atoms with Crippen LogP contribution in [-0.2, 0) is 6.54 Å². The van der Waals surface area contributed by atoms with Crippen molar-refractivity contribution in [1.82, 2.24) is 4.90 Å². The zero-order chi connectivity index (χ0) is 11.1. The standard InChI is InChI=1S/C12H15NO2S/c14-12(15)11-9(3-4-16-11)7-13-6-8-1-2-10(13)5-8/h3-4,8,10H,1-2,5-7H2,(H,14,15). The molecule has 3 nitrogen and oxygen atoms in total. The second-order valence-electron chi connectivity index (χ2n) is 4.84. The lowest BCUT2D eigenvalue weighted by atomic mass is 10.1. The second-order valence-corrected chi connectivity index (χ2v) is 5.76. The number of aromatic carboxylic acids is 1. The molecule has 0 radical (unpaired) electrons. The van der Waals surface area contributed by atoms with Crippen LogP contribution in [0.5, 0.6) is 0 Å². The number of thiophene rings is 1. The molecule has 2 fully saturated rings. The Labute approximate surface area is 98.7 Å². The van der Waals surface area contributed by atoms with Crippen molar-refractivity contribution < 1.29 is 9.90 Å². The van der Waals surface area contributed by atoms with Gasteiger partial charge in [-0.25, -0.2) is 4.79 Å². The van der Waals surface area contributed by atoms with Gasteiger partial charge in [0.05, 0.1) is 0 Å². The van der Waals surface area contributed by atoms with Crippen molar-refractivity contribution in [3.63, 3.8) is 0 Å². The maximum Gasteiger partial charge on any atom is 0.346 e. The Bertz CT molecular complexity index is 415. The molecule has 0 spiro atoms. The van der Waals surface area contributed by atoms with Crippen LogP contribution in [0.3, 0.4) is 0 Å². The van der Waals surface area contributed by atoms with Gasteiger partial charge in [0.2, 0.25) is 0 Å². The summed E-state index contributed by atoms with van der Waals surface area (Å²) in [4.78, 5) is 14.0. The Morgan fingerprint density at radius 1 is 1.56 bits per heavy atom. The van der Waals surface area contributed by atoms with Gasteiger partial charge in [-0.05, 0) is 42.2 Å². The van der Waals surface area contributed by atoms with Gasteiger partial charge in [-0.2, -0.15) is 0 Å². The van der Waals surface area contributed by atoms with E-state index in [9.17, 15) is 4.79 Å². The van der Waals surface area contributed by atoms with E-state index in [2.05, 4.69) is 4.90 Å². The van der Waals surface area contributed by atoms with Gasteiger partial charge in [0.25, 0.3) is 0 Å². The highest BCUT2D eigenvalue weighted by atomic mass is 32.1. The third-order valence-electron chi connectivity index (χ3n) is 3.84. The minimum atomic E-state index is -0.783. The molecule has 2 unspecified atom stereocenters. The van der Waals surface area contributed by atoms with Gasteiger partial charge in [-0.1, -0.05) is 0 Å². The lowest BCUT2D eigenvalue weighted by Gasteiger charge is -2.26. The number of carboxylic acids is 1. The number of carbonyl (C=O) groups is 1. The summed E-state index contributed by atoms with van der Waals surface area (Å²) in [5.41, 5.74) is 0.991. The number of fused-ring (bicyclic) bond motifs is 2. The SMILES string of the molecule is O=C(O)c1sccc1CN1CC2CCC1C2. The average molecular weight is 237 g/mol. The van der Waals surface area contributed by atoms with Crippen molar-refractivity contribution in [2.75, 3.05) is 6.54 Å². The van der Waals surface area contributed by atoms with Crippen LogP contribution in [0.1, 0.15) is 34.5 Å². The topological polar surface area (TPSA) is 40.5 Å². The highest BCUT2D eigenvalue weighted by Gasteiger charge is 2.37. The lowest BCUT2D eigenvalue weighted by molar-refractivity contribution is 0.0699. The van der Waals surface area contributed by atoms with Crippen LogP contribution >= 0.6 is 11.3 Å². The molecule has 86 valence electrons. The van der Waals surface area contributed by atoms with E-state index in [1.165, 1.54) is 37.1 Å². The van der Waals surface area contributed by atoms with E-state index < -0.39 is 5.97 Å². The van der Waals surface area contributed by atoms with E-state index in [1.54, 1.807) is 0 Å². The molecule has 2 bridgehead atoms. The molecule has 4 heteroatoms. The van der Waals surface area contributed by atoms with E-state index in [4.69, 9.17) is 5.11 Å². The first-order valence-electron chi connectivity index (χ1n) is 5.78. The molecular weight excluding hydrogens is 222 g/mol. The quantitative estimate of drug-likeness (QED) is 0.877. The van der Waals surface area contributed by atoms with Gasteiger partial charge in [0.1, 0.15) is 4.88 Å². The number of carboxylic acid groups (broad SMARTS) is 1. The van der Waals surface area contributed by atoms with Crippen LogP contribution in [0.4, 0.5) is 0 Å². The molecule has 2 atom stereocenters. The Morgan fingerprint density at radius 3 is 3.06 bits per heavy atom. The fourth-order valence-corrected chi connectivity index (χ4v) is 3.84. The summed E-state index contributed by atoms with van der Waals surface area (Å²) < 4.78 is 0. The third-order valence-corrected chi connectivity index (χ3v) is 4.78. The van der Waals surface area contributed by atoms with E-state index >= 15 is 0 Å². The van der Waals surface area contributed by atoms with E-state index in [0.717, 1.165) is 18.0 Å². The number of nitrogens with zero attached hydrogens (tertiary/aromatic N) is 1. The molecule has 3 rings (SSSR count). The third kappa shape index (κ3) is 1.66. The van der Waals surface area contributed by atoms with Crippen molar-refractivity contribution in [3.8, 4) is 0 Å². The summed E-state index contributed by atoms with van der Waals surface area (Å²) in [5, 5.41) is 10.9. The zero-order valence-corrected chi connectivity index (χ0v) is 9.87. The molecular formula is C12H15NO2S. The average Bonchev–Trinajstić information content (AvgIpc) is 2.91. The molecule has 1 aliphatic carbocycles. The Kier molecular flexibility index (Phi) is 2.48. The zero-order valence-electron chi connectivity index (χ0n) is 9.06. The summed E-state index contributed by atoms with van der Waals surface area (Å²) in [6.45, 7) is 1.99. The molecule has 1 saturated carbocycles. The maximum absolute atomic E-state index is 11.0. The van der Waals surface area contributed by atoms with Crippen LogP contribution in [-0.4, -0.2) is 28.6 Å². The van der Waals surface area contributed by atoms with Crippen molar-refractivity contribution >= 4 is 17.3 Å². The fourth-order valence-electron chi connectivity index (χ4n) is 3.09. The molecule has 16 heavy (non-hydrogen) atoms. The number of hydrogen-bond acceptors (Lipinski definition) is 3. The Hall–Kier alpha value is -0.870. The van der Waals surface area contributed by atoms with Crippen molar-refractivity contribution in [1.29, 1.82) is 0 Å². The van der Waals surface area contributed by atoms with E-state index in [1.807, 2.05) is 11.4 Å². The number of rotatable bonds is 3. The van der Waals surface area contributed by atoms with Gasteiger partial charge in [0.15, 0.2) is 0 Å². The normalized spacial score (nSPS) is 28.8. The molecule has 1 saturated heterocycles. The monoisotopic (exact) mass is 237 g/mol. The van der Waals surface area contributed by atoms with E-state index in [0.29, 0.717) is 10.9 Å². The summed E-state index contributed by atoms with van der Waals surface area (Å²) in [5.74, 6) is 0.0891. The van der Waals surface area contributed by atoms with Crippen LogP contribution in [0, 0.1) is 5.92 Å².